The van der Waals surface area contributed by atoms with Crippen LogP contribution in [0.4, 0.5) is 5.69 Å². The topological polar surface area (TPSA) is 89.0 Å². The van der Waals surface area contributed by atoms with Gasteiger partial charge in [-0.15, -0.1) is 0 Å². The number of carbonyl (C=O) groups excluding carboxylic acids is 2. The maximum Gasteiger partial charge on any atom is 0.329 e. The third-order valence-electron chi connectivity index (χ3n) is 4.85. The van der Waals surface area contributed by atoms with Crippen LogP contribution in [0, 0.1) is 13.8 Å². The highest BCUT2D eigenvalue weighted by atomic mass is 35.5. The van der Waals surface area contributed by atoms with Crippen LogP contribution in [0.2, 0.25) is 10.0 Å². The van der Waals surface area contributed by atoms with Crippen molar-refractivity contribution < 1.29 is 19.1 Å². The number of hydrogen-bond donors (Lipinski definition) is 2. The lowest BCUT2D eigenvalue weighted by Gasteiger charge is -2.13. The fourth-order valence-electron chi connectivity index (χ4n) is 2.97. The summed E-state index contributed by atoms with van der Waals surface area (Å²) < 4.78 is 11.2. The minimum atomic E-state index is -0.888. The molecule has 34 heavy (non-hydrogen) atoms. The molecule has 0 bridgehead atoms. The number of nitrogens with one attached hydrogen (secondary N) is 2. The van der Waals surface area contributed by atoms with E-state index >= 15 is 0 Å². The van der Waals surface area contributed by atoms with Crippen LogP contribution in [0.1, 0.15) is 22.3 Å². The number of hydrazone groups is 1. The van der Waals surface area contributed by atoms with Crippen molar-refractivity contribution >= 4 is 46.9 Å². The maximum absolute atomic E-state index is 12.1. The Balaban J connectivity index is 1.60. The number of rotatable bonds is 7. The lowest BCUT2D eigenvalue weighted by atomic mass is 10.1. The molecule has 9 heteroatoms. The zero-order chi connectivity index (χ0) is 24.7. The Kier molecular flexibility index (Phi) is 8.51. The summed E-state index contributed by atoms with van der Waals surface area (Å²) in [4.78, 5) is 24.2. The minimum Gasteiger partial charge on any atom is -0.493 e. The standard InChI is InChI=1S/C25H23Cl2N3O4/c1-15-7-8-16(2)21(11-15)29-24(31)25(32)30-28-13-17-9-10-22(23(12-17)33-3)34-14-18-19(26)5-4-6-20(18)27/h4-13H,14H2,1-3H3,(H,29,31)(H,30,32)/b28-13+. The van der Waals surface area contributed by atoms with Gasteiger partial charge in [-0.2, -0.15) is 5.10 Å². The van der Waals surface area contributed by atoms with E-state index in [9.17, 15) is 9.59 Å². The largest absolute Gasteiger partial charge is 0.493 e. The Bertz CT molecular complexity index is 1220. The van der Waals surface area contributed by atoms with Gasteiger partial charge in [0, 0.05) is 21.3 Å². The number of amides is 2. The average Bonchev–Trinajstić information content (AvgIpc) is 2.81. The molecule has 7 nitrogen and oxygen atoms in total. The first-order valence-corrected chi connectivity index (χ1v) is 11.0. The van der Waals surface area contributed by atoms with E-state index in [1.165, 1.54) is 13.3 Å². The Morgan fingerprint density at radius 2 is 1.71 bits per heavy atom. The van der Waals surface area contributed by atoms with Crippen LogP contribution in [0.3, 0.4) is 0 Å². The van der Waals surface area contributed by atoms with E-state index < -0.39 is 11.8 Å². The van der Waals surface area contributed by atoms with Crippen molar-refractivity contribution in [1.82, 2.24) is 5.43 Å². The van der Waals surface area contributed by atoms with Crippen molar-refractivity contribution in [3.63, 3.8) is 0 Å². The average molecular weight is 500 g/mol. The summed E-state index contributed by atoms with van der Waals surface area (Å²) in [6.45, 7) is 3.90. The molecule has 0 aliphatic heterocycles. The summed E-state index contributed by atoms with van der Waals surface area (Å²) in [6.07, 6.45) is 1.39. The number of halogens is 2. The van der Waals surface area contributed by atoms with E-state index in [1.807, 2.05) is 26.0 Å². The molecular weight excluding hydrogens is 477 g/mol. The molecule has 2 amide bonds. The zero-order valence-electron chi connectivity index (χ0n) is 18.8. The molecule has 0 heterocycles. The summed E-state index contributed by atoms with van der Waals surface area (Å²) in [6, 6.07) is 15.9. The summed E-state index contributed by atoms with van der Waals surface area (Å²) in [5, 5.41) is 7.44. The van der Waals surface area contributed by atoms with Crippen molar-refractivity contribution in [3.05, 3.63) is 86.9 Å². The summed E-state index contributed by atoms with van der Waals surface area (Å²) in [5.41, 5.74) is 5.89. The molecule has 0 saturated heterocycles. The summed E-state index contributed by atoms with van der Waals surface area (Å²) >= 11 is 12.4. The third-order valence-corrected chi connectivity index (χ3v) is 5.56. The molecule has 0 fully saturated rings. The van der Waals surface area contributed by atoms with Crippen molar-refractivity contribution in [2.24, 2.45) is 5.10 Å². The van der Waals surface area contributed by atoms with Crippen LogP contribution >= 0.6 is 23.2 Å². The molecule has 0 aliphatic rings. The molecule has 0 spiro atoms. The van der Waals surface area contributed by atoms with Gasteiger partial charge in [0.15, 0.2) is 11.5 Å². The van der Waals surface area contributed by atoms with E-state index in [4.69, 9.17) is 32.7 Å². The lowest BCUT2D eigenvalue weighted by Crippen LogP contribution is -2.32. The van der Waals surface area contributed by atoms with Gasteiger partial charge in [0.2, 0.25) is 0 Å². The number of anilines is 1. The van der Waals surface area contributed by atoms with E-state index in [2.05, 4.69) is 15.8 Å². The van der Waals surface area contributed by atoms with Gasteiger partial charge in [-0.3, -0.25) is 9.59 Å². The molecular formula is C25H23Cl2N3O4. The van der Waals surface area contributed by atoms with Crippen LogP contribution < -0.4 is 20.2 Å². The van der Waals surface area contributed by atoms with Gasteiger partial charge in [0.25, 0.3) is 0 Å². The molecule has 176 valence electrons. The van der Waals surface area contributed by atoms with Gasteiger partial charge in [-0.05, 0) is 66.9 Å². The van der Waals surface area contributed by atoms with Gasteiger partial charge in [-0.25, -0.2) is 5.43 Å². The van der Waals surface area contributed by atoms with Crippen LogP contribution in [-0.2, 0) is 16.2 Å². The molecule has 3 rings (SSSR count). The highest BCUT2D eigenvalue weighted by molar-refractivity contribution is 6.39. The SMILES string of the molecule is COc1cc(/C=N/NC(=O)C(=O)Nc2cc(C)ccc2C)ccc1OCc1c(Cl)cccc1Cl. The third kappa shape index (κ3) is 6.50. The molecule has 3 aromatic rings. The number of nitrogens with zero attached hydrogens (tertiary/aromatic N) is 1. The van der Waals surface area contributed by atoms with E-state index in [0.717, 1.165) is 11.1 Å². The van der Waals surface area contributed by atoms with Gasteiger partial charge in [0.05, 0.1) is 13.3 Å². The molecule has 0 radical (unpaired) electrons. The summed E-state index contributed by atoms with van der Waals surface area (Å²) in [5.74, 6) is -0.773. The van der Waals surface area contributed by atoms with Crippen LogP contribution in [0.25, 0.3) is 0 Å². The molecule has 3 aromatic carbocycles. The molecule has 0 atom stereocenters. The molecule has 0 aromatic heterocycles. The number of aryl methyl sites for hydroxylation is 2. The first-order chi connectivity index (χ1) is 16.3. The molecule has 0 saturated carbocycles. The van der Waals surface area contributed by atoms with Gasteiger partial charge < -0.3 is 14.8 Å². The Morgan fingerprint density at radius 1 is 0.971 bits per heavy atom. The number of hydrogen-bond acceptors (Lipinski definition) is 5. The van der Waals surface area contributed by atoms with E-state index in [0.29, 0.717) is 38.4 Å². The second-order valence-corrected chi connectivity index (χ2v) is 8.19. The van der Waals surface area contributed by atoms with Gasteiger partial charge >= 0.3 is 11.8 Å². The molecule has 2 N–H and O–H groups in total. The number of carbonyl (C=O) groups is 2. The van der Waals surface area contributed by atoms with Crippen molar-refractivity contribution in [2.45, 2.75) is 20.5 Å². The summed E-state index contributed by atoms with van der Waals surface area (Å²) in [7, 11) is 1.50. The quantitative estimate of drug-likeness (QED) is 0.262. The first-order valence-electron chi connectivity index (χ1n) is 10.2. The van der Waals surface area contributed by atoms with Gasteiger partial charge in [-0.1, -0.05) is 41.4 Å². The van der Waals surface area contributed by atoms with Crippen LogP contribution in [0.5, 0.6) is 11.5 Å². The predicted molar refractivity (Wildman–Crippen MR) is 134 cm³/mol. The Labute approximate surface area is 207 Å². The lowest BCUT2D eigenvalue weighted by molar-refractivity contribution is -0.136. The monoisotopic (exact) mass is 499 g/mol. The Morgan fingerprint density at radius 3 is 2.41 bits per heavy atom. The van der Waals surface area contributed by atoms with Crippen LogP contribution in [0.15, 0.2) is 59.7 Å². The highest BCUT2D eigenvalue weighted by Crippen LogP contribution is 2.31. The highest BCUT2D eigenvalue weighted by Gasteiger charge is 2.14. The predicted octanol–water partition coefficient (Wildman–Crippen LogP) is 5.29. The Hall–Kier alpha value is -3.55. The molecule has 0 aliphatic carbocycles. The number of ether oxygens (including phenoxy) is 2. The second-order valence-electron chi connectivity index (χ2n) is 7.37. The number of benzene rings is 3. The van der Waals surface area contributed by atoms with E-state index in [1.54, 1.807) is 42.5 Å². The van der Waals surface area contributed by atoms with Crippen molar-refractivity contribution in [3.8, 4) is 11.5 Å². The fourth-order valence-corrected chi connectivity index (χ4v) is 3.48. The fraction of sp³-hybridized carbons (Fsp3) is 0.160. The van der Waals surface area contributed by atoms with Crippen molar-refractivity contribution in [2.75, 3.05) is 12.4 Å². The number of methoxy groups -OCH3 is 1. The van der Waals surface area contributed by atoms with Crippen LogP contribution in [-0.4, -0.2) is 25.1 Å². The minimum absolute atomic E-state index is 0.161. The normalized spacial score (nSPS) is 10.7. The molecule has 0 unspecified atom stereocenters. The maximum atomic E-state index is 12.1. The smallest absolute Gasteiger partial charge is 0.329 e. The zero-order valence-corrected chi connectivity index (χ0v) is 20.3. The first kappa shape index (κ1) is 25.1. The van der Waals surface area contributed by atoms with Gasteiger partial charge in [0.1, 0.15) is 6.61 Å². The van der Waals surface area contributed by atoms with Crippen molar-refractivity contribution in [1.29, 1.82) is 0 Å². The second kappa shape index (κ2) is 11.5. The van der Waals surface area contributed by atoms with E-state index in [-0.39, 0.29) is 6.61 Å².